The summed E-state index contributed by atoms with van der Waals surface area (Å²) in [6.45, 7) is 1.33. The Morgan fingerprint density at radius 1 is 1.10 bits per heavy atom. The SMILES string of the molecule is O=C1NCCCN1c1ccc(-c2nc3conc3c(=O)n2-c2ccc(Cl)cn2)cc1. The molecule has 0 spiro atoms. The van der Waals surface area contributed by atoms with E-state index in [0.29, 0.717) is 40.8 Å². The summed E-state index contributed by atoms with van der Waals surface area (Å²) in [5.74, 6) is 0.733. The molecule has 30 heavy (non-hydrogen) atoms. The van der Waals surface area contributed by atoms with Crippen LogP contribution in [0.4, 0.5) is 10.5 Å². The van der Waals surface area contributed by atoms with Crippen molar-refractivity contribution in [1.82, 2.24) is 25.0 Å². The minimum absolute atomic E-state index is 0.108. The van der Waals surface area contributed by atoms with Crippen molar-refractivity contribution in [2.45, 2.75) is 6.42 Å². The second-order valence-corrected chi connectivity index (χ2v) is 7.18. The summed E-state index contributed by atoms with van der Waals surface area (Å²) < 4.78 is 6.30. The van der Waals surface area contributed by atoms with E-state index in [0.717, 1.165) is 12.1 Å². The lowest BCUT2D eigenvalue weighted by atomic mass is 10.1. The number of rotatable bonds is 3. The summed E-state index contributed by atoms with van der Waals surface area (Å²) in [6.07, 6.45) is 3.66. The van der Waals surface area contributed by atoms with E-state index in [9.17, 15) is 9.59 Å². The molecular formula is C20H15ClN6O3. The van der Waals surface area contributed by atoms with E-state index in [1.807, 2.05) is 24.3 Å². The molecule has 0 saturated carbocycles. The number of amides is 2. The predicted molar refractivity (Wildman–Crippen MR) is 111 cm³/mol. The molecule has 0 radical (unpaired) electrons. The number of hydrogen-bond acceptors (Lipinski definition) is 6. The highest BCUT2D eigenvalue weighted by Crippen LogP contribution is 2.25. The zero-order valence-electron chi connectivity index (χ0n) is 15.6. The summed E-state index contributed by atoms with van der Waals surface area (Å²) in [5, 5.41) is 7.05. The molecule has 0 atom stereocenters. The number of pyridine rings is 1. The first-order valence-electron chi connectivity index (χ1n) is 9.27. The highest BCUT2D eigenvalue weighted by Gasteiger charge is 2.21. The molecule has 4 aromatic rings. The Labute approximate surface area is 174 Å². The van der Waals surface area contributed by atoms with Crippen LogP contribution in [-0.2, 0) is 0 Å². The van der Waals surface area contributed by atoms with Crippen LogP contribution >= 0.6 is 11.6 Å². The third kappa shape index (κ3) is 3.09. The van der Waals surface area contributed by atoms with Crippen LogP contribution in [0.3, 0.4) is 0 Å². The molecular weight excluding hydrogens is 408 g/mol. The van der Waals surface area contributed by atoms with Gasteiger partial charge in [-0.25, -0.2) is 19.3 Å². The largest absolute Gasteiger partial charge is 0.362 e. The summed E-state index contributed by atoms with van der Waals surface area (Å²) in [4.78, 5) is 35.7. The fraction of sp³-hybridized carbons (Fsp3) is 0.150. The monoisotopic (exact) mass is 422 g/mol. The number of benzene rings is 1. The highest BCUT2D eigenvalue weighted by atomic mass is 35.5. The quantitative estimate of drug-likeness (QED) is 0.544. The minimum Gasteiger partial charge on any atom is -0.362 e. The van der Waals surface area contributed by atoms with E-state index in [-0.39, 0.29) is 11.5 Å². The van der Waals surface area contributed by atoms with Gasteiger partial charge in [0.25, 0.3) is 5.56 Å². The lowest BCUT2D eigenvalue weighted by molar-refractivity contribution is 0.243. The van der Waals surface area contributed by atoms with Gasteiger partial charge in [-0.15, -0.1) is 0 Å². The average Bonchev–Trinajstić information content (AvgIpc) is 3.24. The van der Waals surface area contributed by atoms with Crippen molar-refractivity contribution >= 4 is 34.4 Å². The standard InChI is InChI=1S/C20H15ClN6O3/c21-13-4-7-16(23-10-13)27-18(24-15-11-30-25-17(15)19(27)28)12-2-5-14(6-3-12)26-9-1-8-22-20(26)29/h2-7,10-11H,1,8-9H2,(H,22,29). The van der Waals surface area contributed by atoms with Crippen molar-refractivity contribution in [3.63, 3.8) is 0 Å². The first kappa shape index (κ1) is 18.3. The molecule has 0 aliphatic carbocycles. The first-order chi connectivity index (χ1) is 14.6. The third-order valence-corrected chi connectivity index (χ3v) is 5.08. The molecule has 1 aliphatic heterocycles. The molecule has 150 valence electrons. The van der Waals surface area contributed by atoms with Gasteiger partial charge in [0, 0.05) is 30.5 Å². The van der Waals surface area contributed by atoms with Crippen LogP contribution in [0.15, 0.2) is 58.2 Å². The molecule has 1 fully saturated rings. The van der Waals surface area contributed by atoms with E-state index in [1.54, 1.807) is 17.0 Å². The second kappa shape index (κ2) is 7.27. The lowest BCUT2D eigenvalue weighted by Gasteiger charge is -2.27. The maximum atomic E-state index is 13.1. The summed E-state index contributed by atoms with van der Waals surface area (Å²) in [5.41, 5.74) is 1.49. The van der Waals surface area contributed by atoms with Crippen LogP contribution in [0.1, 0.15) is 6.42 Å². The topological polar surface area (TPSA) is 106 Å². The van der Waals surface area contributed by atoms with E-state index in [1.165, 1.54) is 17.0 Å². The van der Waals surface area contributed by atoms with Gasteiger partial charge in [-0.2, -0.15) is 0 Å². The fourth-order valence-electron chi connectivity index (χ4n) is 3.40. The van der Waals surface area contributed by atoms with E-state index < -0.39 is 5.56 Å². The van der Waals surface area contributed by atoms with Gasteiger partial charge in [-0.3, -0.25) is 9.69 Å². The van der Waals surface area contributed by atoms with Gasteiger partial charge in [0.1, 0.15) is 23.4 Å². The maximum Gasteiger partial charge on any atom is 0.321 e. The average molecular weight is 423 g/mol. The molecule has 1 N–H and O–H groups in total. The maximum absolute atomic E-state index is 13.1. The molecule has 10 heteroatoms. The summed E-state index contributed by atoms with van der Waals surface area (Å²) >= 11 is 5.95. The van der Waals surface area contributed by atoms with Gasteiger partial charge in [-0.1, -0.05) is 16.8 Å². The normalized spacial score (nSPS) is 14.2. The number of aromatic nitrogens is 4. The van der Waals surface area contributed by atoms with Crippen molar-refractivity contribution in [3.05, 3.63) is 64.2 Å². The van der Waals surface area contributed by atoms with Gasteiger partial charge < -0.3 is 9.84 Å². The fourth-order valence-corrected chi connectivity index (χ4v) is 3.51. The number of anilines is 1. The van der Waals surface area contributed by atoms with E-state index in [4.69, 9.17) is 16.1 Å². The van der Waals surface area contributed by atoms with Crippen LogP contribution in [0.25, 0.3) is 28.2 Å². The summed E-state index contributed by atoms with van der Waals surface area (Å²) in [6, 6.07) is 10.4. The van der Waals surface area contributed by atoms with Crippen molar-refractivity contribution in [1.29, 1.82) is 0 Å². The smallest absolute Gasteiger partial charge is 0.321 e. The Hall–Kier alpha value is -3.72. The van der Waals surface area contributed by atoms with Gasteiger partial charge in [0.2, 0.25) is 0 Å². The zero-order chi connectivity index (χ0) is 20.7. The Balaban J connectivity index is 1.64. The highest BCUT2D eigenvalue weighted by molar-refractivity contribution is 6.30. The lowest BCUT2D eigenvalue weighted by Crippen LogP contribution is -2.46. The number of carbonyl (C=O) groups excluding carboxylic acids is 1. The number of nitrogens with one attached hydrogen (secondary N) is 1. The number of carbonyl (C=O) groups is 1. The van der Waals surface area contributed by atoms with Crippen molar-refractivity contribution < 1.29 is 9.32 Å². The second-order valence-electron chi connectivity index (χ2n) is 6.74. The van der Waals surface area contributed by atoms with Gasteiger partial charge in [0.15, 0.2) is 5.52 Å². The Morgan fingerprint density at radius 2 is 1.93 bits per heavy atom. The van der Waals surface area contributed by atoms with Crippen LogP contribution in [0, 0.1) is 0 Å². The zero-order valence-corrected chi connectivity index (χ0v) is 16.3. The van der Waals surface area contributed by atoms with Crippen molar-refractivity contribution in [3.8, 4) is 17.2 Å². The van der Waals surface area contributed by atoms with Crippen molar-refractivity contribution in [2.75, 3.05) is 18.0 Å². The number of urea groups is 1. The number of nitrogens with zero attached hydrogens (tertiary/aromatic N) is 5. The molecule has 5 rings (SSSR count). The van der Waals surface area contributed by atoms with Crippen LogP contribution in [0.2, 0.25) is 5.02 Å². The minimum atomic E-state index is -0.405. The van der Waals surface area contributed by atoms with Crippen molar-refractivity contribution in [2.24, 2.45) is 0 Å². The Bertz CT molecular complexity index is 1300. The van der Waals surface area contributed by atoms with E-state index >= 15 is 0 Å². The predicted octanol–water partition coefficient (Wildman–Crippen LogP) is 3.01. The van der Waals surface area contributed by atoms with Gasteiger partial charge in [-0.05, 0) is 42.8 Å². The van der Waals surface area contributed by atoms with Crippen LogP contribution in [0.5, 0.6) is 0 Å². The van der Waals surface area contributed by atoms with Crippen LogP contribution < -0.4 is 15.8 Å². The molecule has 2 amide bonds. The van der Waals surface area contributed by atoms with Crippen LogP contribution in [-0.4, -0.2) is 38.8 Å². The molecule has 0 bridgehead atoms. The third-order valence-electron chi connectivity index (χ3n) is 4.85. The molecule has 1 saturated heterocycles. The molecule has 1 aliphatic rings. The van der Waals surface area contributed by atoms with Gasteiger partial charge >= 0.3 is 6.03 Å². The summed E-state index contributed by atoms with van der Waals surface area (Å²) in [7, 11) is 0. The number of fused-ring (bicyclic) bond motifs is 1. The molecule has 3 aromatic heterocycles. The molecule has 9 nitrogen and oxygen atoms in total. The number of halogens is 1. The molecule has 0 unspecified atom stereocenters. The number of hydrogen-bond donors (Lipinski definition) is 1. The van der Waals surface area contributed by atoms with Gasteiger partial charge in [0.05, 0.1) is 5.02 Å². The first-order valence-corrected chi connectivity index (χ1v) is 9.64. The molecule has 4 heterocycles. The Morgan fingerprint density at radius 3 is 2.67 bits per heavy atom. The van der Waals surface area contributed by atoms with E-state index in [2.05, 4.69) is 20.4 Å². The Kier molecular flexibility index (Phi) is 4.44. The molecule has 1 aromatic carbocycles.